The number of nitrogens with zero attached hydrogens (tertiary/aromatic N) is 1. The van der Waals surface area contributed by atoms with Crippen LogP contribution in [0.4, 0.5) is 11.4 Å². The summed E-state index contributed by atoms with van der Waals surface area (Å²) in [7, 11) is 0. The zero-order valence-corrected chi connectivity index (χ0v) is 11.6. The van der Waals surface area contributed by atoms with Crippen molar-refractivity contribution in [2.24, 2.45) is 5.92 Å². The van der Waals surface area contributed by atoms with Crippen LogP contribution in [0.3, 0.4) is 0 Å². The second-order valence-corrected chi connectivity index (χ2v) is 4.85. The fourth-order valence-electron chi connectivity index (χ4n) is 1.84. The van der Waals surface area contributed by atoms with Gasteiger partial charge in [-0.25, -0.2) is 0 Å². The molecule has 20 heavy (non-hydrogen) atoms. The van der Waals surface area contributed by atoms with Gasteiger partial charge >= 0.3 is 0 Å². The third-order valence-corrected chi connectivity index (χ3v) is 3.04. The molecular weight excluding hydrogens is 260 g/mol. The van der Waals surface area contributed by atoms with E-state index in [2.05, 4.69) is 5.32 Å². The van der Waals surface area contributed by atoms with Crippen molar-refractivity contribution in [3.05, 3.63) is 28.3 Å². The SMILES string of the molecule is CCOc1cc(NCCOCC2CC2)cc([N+](=O)[O-])c1. The molecule has 1 aromatic rings. The third-order valence-electron chi connectivity index (χ3n) is 3.04. The normalized spacial score (nSPS) is 14.1. The van der Waals surface area contributed by atoms with Gasteiger partial charge in [0.15, 0.2) is 0 Å². The first-order valence-electron chi connectivity index (χ1n) is 6.93. The minimum atomic E-state index is -0.419. The summed E-state index contributed by atoms with van der Waals surface area (Å²) in [6.45, 7) is 4.37. The van der Waals surface area contributed by atoms with Crippen molar-refractivity contribution < 1.29 is 14.4 Å². The van der Waals surface area contributed by atoms with Crippen molar-refractivity contribution in [1.29, 1.82) is 0 Å². The van der Waals surface area contributed by atoms with Crippen LogP contribution < -0.4 is 10.1 Å². The Balaban J connectivity index is 1.85. The van der Waals surface area contributed by atoms with Crippen molar-refractivity contribution in [2.75, 3.05) is 31.7 Å². The lowest BCUT2D eigenvalue weighted by Gasteiger charge is -2.09. The Kier molecular flexibility index (Phi) is 5.17. The van der Waals surface area contributed by atoms with Gasteiger partial charge in [-0.1, -0.05) is 0 Å². The smallest absolute Gasteiger partial charge is 0.275 e. The molecule has 1 aliphatic carbocycles. The van der Waals surface area contributed by atoms with E-state index in [1.807, 2.05) is 6.92 Å². The van der Waals surface area contributed by atoms with E-state index in [0.717, 1.165) is 12.5 Å². The Labute approximate surface area is 118 Å². The van der Waals surface area contributed by atoms with Crippen LogP contribution in [0.15, 0.2) is 18.2 Å². The number of rotatable bonds is 9. The highest BCUT2D eigenvalue weighted by Gasteiger charge is 2.20. The molecule has 0 heterocycles. The second-order valence-electron chi connectivity index (χ2n) is 4.85. The molecule has 0 spiro atoms. The summed E-state index contributed by atoms with van der Waals surface area (Å²) in [4.78, 5) is 10.4. The Bertz CT molecular complexity index is 460. The molecule has 0 aromatic heterocycles. The van der Waals surface area contributed by atoms with Gasteiger partial charge in [-0.15, -0.1) is 0 Å². The van der Waals surface area contributed by atoms with Gasteiger partial charge < -0.3 is 14.8 Å². The topological polar surface area (TPSA) is 73.6 Å². The largest absolute Gasteiger partial charge is 0.494 e. The highest BCUT2D eigenvalue weighted by molar-refractivity contribution is 5.56. The maximum atomic E-state index is 10.9. The molecule has 0 atom stereocenters. The molecule has 0 amide bonds. The van der Waals surface area contributed by atoms with Crippen molar-refractivity contribution in [3.63, 3.8) is 0 Å². The van der Waals surface area contributed by atoms with E-state index in [-0.39, 0.29) is 5.69 Å². The van der Waals surface area contributed by atoms with Crippen LogP contribution in [0.5, 0.6) is 5.75 Å². The lowest BCUT2D eigenvalue weighted by atomic mass is 10.2. The maximum Gasteiger partial charge on any atom is 0.275 e. The van der Waals surface area contributed by atoms with E-state index in [1.54, 1.807) is 6.07 Å². The molecule has 1 aliphatic rings. The van der Waals surface area contributed by atoms with Gasteiger partial charge in [-0.3, -0.25) is 10.1 Å². The summed E-state index contributed by atoms with van der Waals surface area (Å²) < 4.78 is 10.8. The number of nitro groups is 1. The Morgan fingerprint density at radius 2 is 2.20 bits per heavy atom. The van der Waals surface area contributed by atoms with Crippen LogP contribution in [0, 0.1) is 16.0 Å². The summed E-state index contributed by atoms with van der Waals surface area (Å²) >= 11 is 0. The molecule has 1 saturated carbocycles. The summed E-state index contributed by atoms with van der Waals surface area (Å²) in [5, 5.41) is 14.0. The standard InChI is InChI=1S/C14H20N2O4/c1-2-20-14-8-12(7-13(9-14)16(17)18)15-5-6-19-10-11-3-4-11/h7-9,11,15H,2-6,10H2,1H3. The average molecular weight is 280 g/mol. The molecule has 1 fully saturated rings. The van der Waals surface area contributed by atoms with Gasteiger partial charge in [0.2, 0.25) is 0 Å². The maximum absolute atomic E-state index is 10.9. The predicted molar refractivity (Wildman–Crippen MR) is 76.3 cm³/mol. The molecule has 0 aliphatic heterocycles. The molecule has 0 radical (unpaired) electrons. The van der Waals surface area contributed by atoms with Crippen molar-refractivity contribution >= 4 is 11.4 Å². The van der Waals surface area contributed by atoms with Gasteiger partial charge in [-0.2, -0.15) is 0 Å². The van der Waals surface area contributed by atoms with Crippen LogP contribution >= 0.6 is 0 Å². The van der Waals surface area contributed by atoms with E-state index < -0.39 is 4.92 Å². The molecule has 6 heteroatoms. The zero-order chi connectivity index (χ0) is 14.4. The fraction of sp³-hybridized carbons (Fsp3) is 0.571. The van der Waals surface area contributed by atoms with Gasteiger partial charge in [0.1, 0.15) is 5.75 Å². The molecule has 1 aromatic carbocycles. The quantitative estimate of drug-likeness (QED) is 0.428. The van der Waals surface area contributed by atoms with E-state index in [9.17, 15) is 10.1 Å². The molecule has 1 N–H and O–H groups in total. The minimum Gasteiger partial charge on any atom is -0.494 e. The number of non-ortho nitro benzene ring substituents is 1. The Morgan fingerprint density at radius 1 is 1.40 bits per heavy atom. The molecule has 0 bridgehead atoms. The summed E-state index contributed by atoms with van der Waals surface area (Å²) in [5.41, 5.74) is 0.704. The zero-order valence-electron chi connectivity index (χ0n) is 11.6. The van der Waals surface area contributed by atoms with Gasteiger partial charge in [0.05, 0.1) is 24.2 Å². The lowest BCUT2D eigenvalue weighted by molar-refractivity contribution is -0.384. The molecular formula is C14H20N2O4. The van der Waals surface area contributed by atoms with Gasteiger partial charge in [-0.05, 0) is 25.7 Å². The van der Waals surface area contributed by atoms with Gasteiger partial charge in [0, 0.05) is 31.0 Å². The number of nitrogens with one attached hydrogen (secondary N) is 1. The summed E-state index contributed by atoms with van der Waals surface area (Å²) in [6.07, 6.45) is 2.55. The van der Waals surface area contributed by atoms with Crippen LogP contribution in [0.25, 0.3) is 0 Å². The molecule has 6 nitrogen and oxygen atoms in total. The lowest BCUT2D eigenvalue weighted by Crippen LogP contribution is -2.11. The van der Waals surface area contributed by atoms with Crippen LogP contribution in [0.1, 0.15) is 19.8 Å². The highest BCUT2D eigenvalue weighted by atomic mass is 16.6. The van der Waals surface area contributed by atoms with Crippen LogP contribution in [-0.4, -0.2) is 31.3 Å². The van der Waals surface area contributed by atoms with Crippen molar-refractivity contribution in [3.8, 4) is 5.75 Å². The first-order valence-corrected chi connectivity index (χ1v) is 6.93. The first-order chi connectivity index (χ1) is 9.69. The van der Waals surface area contributed by atoms with Crippen LogP contribution in [0.2, 0.25) is 0 Å². The van der Waals surface area contributed by atoms with Crippen molar-refractivity contribution in [1.82, 2.24) is 0 Å². The third kappa shape index (κ3) is 4.70. The molecule has 2 rings (SSSR count). The molecule has 0 unspecified atom stereocenters. The van der Waals surface area contributed by atoms with E-state index in [4.69, 9.17) is 9.47 Å². The Morgan fingerprint density at radius 3 is 2.85 bits per heavy atom. The summed E-state index contributed by atoms with van der Waals surface area (Å²) in [5.74, 6) is 1.25. The minimum absolute atomic E-state index is 0.0253. The molecule has 0 saturated heterocycles. The molecule has 110 valence electrons. The van der Waals surface area contributed by atoms with Gasteiger partial charge in [0.25, 0.3) is 5.69 Å². The average Bonchev–Trinajstić information content (AvgIpc) is 3.22. The fourth-order valence-corrected chi connectivity index (χ4v) is 1.84. The second kappa shape index (κ2) is 7.09. The van der Waals surface area contributed by atoms with Crippen LogP contribution in [-0.2, 0) is 4.74 Å². The predicted octanol–water partition coefficient (Wildman–Crippen LogP) is 2.83. The van der Waals surface area contributed by atoms with Crippen molar-refractivity contribution in [2.45, 2.75) is 19.8 Å². The summed E-state index contributed by atoms with van der Waals surface area (Å²) in [6, 6.07) is 4.69. The number of hydrogen-bond donors (Lipinski definition) is 1. The number of benzene rings is 1. The number of ether oxygens (including phenoxy) is 2. The van der Waals surface area contributed by atoms with E-state index in [0.29, 0.717) is 31.2 Å². The number of nitro benzene ring substituents is 1. The monoisotopic (exact) mass is 280 g/mol. The number of anilines is 1. The van der Waals surface area contributed by atoms with E-state index in [1.165, 1.54) is 25.0 Å². The highest BCUT2D eigenvalue weighted by Crippen LogP contribution is 2.29. The first kappa shape index (κ1) is 14.6. The van der Waals surface area contributed by atoms with E-state index >= 15 is 0 Å². The Hall–Kier alpha value is -1.82. The number of hydrogen-bond acceptors (Lipinski definition) is 5.